The average molecular weight is 381 g/mol. The maximum atomic E-state index is 11.8. The van der Waals surface area contributed by atoms with Crippen molar-refractivity contribution in [1.29, 1.82) is 0 Å². The summed E-state index contributed by atoms with van der Waals surface area (Å²) < 4.78 is 28.6. The number of thiazole rings is 1. The number of sulfonamides is 1. The van der Waals surface area contributed by atoms with E-state index in [1.54, 1.807) is 24.4 Å². The van der Waals surface area contributed by atoms with Crippen LogP contribution in [0.25, 0.3) is 10.4 Å². The zero-order chi connectivity index (χ0) is 18.0. The predicted molar refractivity (Wildman–Crippen MR) is 94.6 cm³/mol. The number of ether oxygens (including phenoxy) is 1. The Balaban J connectivity index is 1.78. The third-order valence-corrected chi connectivity index (χ3v) is 6.45. The van der Waals surface area contributed by atoms with E-state index in [0.717, 1.165) is 35.6 Å². The first kappa shape index (κ1) is 17.8. The molecule has 1 fully saturated rings. The Bertz CT molecular complexity index is 871. The minimum absolute atomic E-state index is 0.101. The quantitative estimate of drug-likeness (QED) is 0.842. The highest BCUT2D eigenvalue weighted by atomic mass is 32.2. The fraction of sp³-hybridized carbons (Fsp3) is 0.375. The van der Waals surface area contributed by atoms with Gasteiger partial charge in [0, 0.05) is 17.7 Å². The number of carbonyl (C=O) groups is 1. The molecule has 1 aromatic heterocycles. The lowest BCUT2D eigenvalue weighted by Crippen LogP contribution is -2.26. The molecule has 0 atom stereocenters. The number of aromatic nitrogens is 1. The number of nitrogens with two attached hydrogens (primary N) is 2. The van der Waals surface area contributed by atoms with Gasteiger partial charge in [-0.15, -0.1) is 11.3 Å². The van der Waals surface area contributed by atoms with Crippen LogP contribution in [-0.2, 0) is 14.8 Å². The molecule has 0 spiro atoms. The Kier molecular flexibility index (Phi) is 5.07. The smallest absolute Gasteiger partial charge is 0.404 e. The van der Waals surface area contributed by atoms with Crippen molar-refractivity contribution < 1.29 is 17.9 Å². The van der Waals surface area contributed by atoms with Gasteiger partial charge in [-0.05, 0) is 31.7 Å². The summed E-state index contributed by atoms with van der Waals surface area (Å²) in [4.78, 5) is 16.2. The van der Waals surface area contributed by atoms with E-state index in [0.29, 0.717) is 5.56 Å². The number of carbonyl (C=O) groups excluding carboxylic acids is 1. The molecule has 2 aromatic rings. The van der Waals surface area contributed by atoms with Gasteiger partial charge in [0.05, 0.1) is 14.8 Å². The maximum Gasteiger partial charge on any atom is 0.404 e. The number of amides is 1. The Morgan fingerprint density at radius 1 is 1.20 bits per heavy atom. The maximum absolute atomic E-state index is 11.8. The minimum Gasteiger partial charge on any atom is -0.446 e. The zero-order valence-electron chi connectivity index (χ0n) is 13.4. The van der Waals surface area contributed by atoms with E-state index >= 15 is 0 Å². The van der Waals surface area contributed by atoms with Gasteiger partial charge in [-0.25, -0.2) is 23.3 Å². The number of hydrogen-bond donors (Lipinski definition) is 2. The molecule has 0 aliphatic heterocycles. The fourth-order valence-corrected chi connectivity index (χ4v) is 5.05. The predicted octanol–water partition coefficient (Wildman–Crippen LogP) is 2.58. The van der Waals surface area contributed by atoms with Crippen molar-refractivity contribution >= 4 is 27.5 Å². The molecule has 3 rings (SSSR count). The summed E-state index contributed by atoms with van der Waals surface area (Å²) in [5, 5.41) is 6.26. The molecule has 25 heavy (non-hydrogen) atoms. The third kappa shape index (κ3) is 4.17. The Labute approximate surface area is 150 Å². The molecule has 1 amide bonds. The molecule has 0 unspecified atom stereocenters. The van der Waals surface area contributed by atoms with Gasteiger partial charge in [0.1, 0.15) is 6.10 Å². The zero-order valence-corrected chi connectivity index (χ0v) is 15.1. The second-order valence-corrected chi connectivity index (χ2v) is 8.61. The molecule has 1 aliphatic carbocycles. The molecule has 1 saturated carbocycles. The second-order valence-electron chi connectivity index (χ2n) is 6.01. The second kappa shape index (κ2) is 7.11. The first-order valence-electron chi connectivity index (χ1n) is 7.88. The highest BCUT2D eigenvalue weighted by molar-refractivity contribution is 7.89. The van der Waals surface area contributed by atoms with Gasteiger partial charge >= 0.3 is 6.09 Å². The van der Waals surface area contributed by atoms with Crippen molar-refractivity contribution in [2.24, 2.45) is 10.9 Å². The molecule has 1 aromatic carbocycles. The molecule has 0 bridgehead atoms. The summed E-state index contributed by atoms with van der Waals surface area (Å²) >= 11 is 1.47. The average Bonchev–Trinajstić information content (AvgIpc) is 3.04. The van der Waals surface area contributed by atoms with Crippen molar-refractivity contribution in [2.75, 3.05) is 0 Å². The van der Waals surface area contributed by atoms with Gasteiger partial charge in [-0.2, -0.15) is 0 Å². The molecule has 0 radical (unpaired) electrons. The minimum atomic E-state index is -3.80. The van der Waals surface area contributed by atoms with Gasteiger partial charge in [0.2, 0.25) is 10.0 Å². The van der Waals surface area contributed by atoms with E-state index < -0.39 is 16.1 Å². The van der Waals surface area contributed by atoms with Crippen molar-refractivity contribution in [1.82, 2.24) is 4.98 Å². The van der Waals surface area contributed by atoms with Crippen LogP contribution in [0.15, 0.2) is 35.4 Å². The highest BCUT2D eigenvalue weighted by Crippen LogP contribution is 2.39. The summed E-state index contributed by atoms with van der Waals surface area (Å²) in [6.07, 6.45) is 4.02. The van der Waals surface area contributed by atoms with E-state index in [1.165, 1.54) is 17.4 Å². The Hall–Kier alpha value is -1.97. The largest absolute Gasteiger partial charge is 0.446 e. The monoisotopic (exact) mass is 381 g/mol. The number of nitrogens with zero attached hydrogens (tertiary/aromatic N) is 1. The van der Waals surface area contributed by atoms with Gasteiger partial charge in [0.15, 0.2) is 0 Å². The lowest BCUT2D eigenvalue weighted by atomic mass is 9.88. The number of benzene rings is 1. The van der Waals surface area contributed by atoms with Crippen LogP contribution >= 0.6 is 11.3 Å². The van der Waals surface area contributed by atoms with E-state index in [9.17, 15) is 13.2 Å². The molecule has 1 heterocycles. The molecule has 0 saturated heterocycles. The van der Waals surface area contributed by atoms with Crippen LogP contribution in [0.1, 0.15) is 36.6 Å². The van der Waals surface area contributed by atoms with Crippen molar-refractivity contribution in [3.63, 3.8) is 0 Å². The van der Waals surface area contributed by atoms with Crippen LogP contribution in [0.4, 0.5) is 4.79 Å². The van der Waals surface area contributed by atoms with Gasteiger partial charge in [-0.1, -0.05) is 18.2 Å². The number of primary amides is 1. The fourth-order valence-electron chi connectivity index (χ4n) is 3.11. The summed E-state index contributed by atoms with van der Waals surface area (Å²) in [5.74, 6) is 0.271. The Morgan fingerprint density at radius 3 is 2.52 bits per heavy atom. The summed E-state index contributed by atoms with van der Waals surface area (Å²) in [6.45, 7) is 0. The normalized spacial score (nSPS) is 21.0. The molecule has 134 valence electrons. The SMILES string of the molecule is NC(=O)OC1CCC(c2ncc(-c3ccccc3S(N)(=O)=O)s2)CC1. The van der Waals surface area contributed by atoms with E-state index in [1.807, 2.05) is 0 Å². The lowest BCUT2D eigenvalue weighted by molar-refractivity contribution is 0.0787. The van der Waals surface area contributed by atoms with Crippen LogP contribution in [0.5, 0.6) is 0 Å². The van der Waals surface area contributed by atoms with Crippen LogP contribution in [0.3, 0.4) is 0 Å². The molecular formula is C16H19N3O4S2. The van der Waals surface area contributed by atoms with Crippen LogP contribution in [0, 0.1) is 0 Å². The molecule has 1 aliphatic rings. The van der Waals surface area contributed by atoms with E-state index in [4.69, 9.17) is 15.6 Å². The van der Waals surface area contributed by atoms with Crippen LogP contribution < -0.4 is 10.9 Å². The van der Waals surface area contributed by atoms with Crippen LogP contribution in [0.2, 0.25) is 0 Å². The van der Waals surface area contributed by atoms with Gasteiger partial charge in [-0.3, -0.25) is 0 Å². The number of hydrogen-bond acceptors (Lipinski definition) is 6. The standard InChI is InChI=1S/C16H19N3O4S2/c17-16(20)23-11-7-5-10(6-8-11)15-19-9-13(24-15)12-3-1-2-4-14(12)25(18,21)22/h1-4,9-11H,5-8H2,(H2,17,20)(H2,18,21,22). The molecule has 9 heteroatoms. The van der Waals surface area contributed by atoms with Gasteiger partial charge in [0.25, 0.3) is 0 Å². The third-order valence-electron chi connectivity index (χ3n) is 4.29. The van der Waals surface area contributed by atoms with Crippen molar-refractivity contribution in [2.45, 2.75) is 42.6 Å². The van der Waals surface area contributed by atoms with Crippen molar-refractivity contribution in [3.05, 3.63) is 35.5 Å². The molecule has 4 N–H and O–H groups in total. The van der Waals surface area contributed by atoms with Crippen LogP contribution in [-0.4, -0.2) is 25.6 Å². The molecule has 7 nitrogen and oxygen atoms in total. The van der Waals surface area contributed by atoms with Gasteiger partial charge < -0.3 is 10.5 Å². The number of rotatable bonds is 4. The highest BCUT2D eigenvalue weighted by Gasteiger charge is 2.27. The number of primary sulfonamides is 1. The lowest BCUT2D eigenvalue weighted by Gasteiger charge is -2.26. The topological polar surface area (TPSA) is 125 Å². The summed E-state index contributed by atoms with van der Waals surface area (Å²) in [7, 11) is -3.80. The Morgan fingerprint density at radius 2 is 1.88 bits per heavy atom. The molecular weight excluding hydrogens is 362 g/mol. The van der Waals surface area contributed by atoms with E-state index in [-0.39, 0.29) is 16.9 Å². The first-order chi connectivity index (χ1) is 11.8. The first-order valence-corrected chi connectivity index (χ1v) is 10.2. The summed E-state index contributed by atoms with van der Waals surface area (Å²) in [6, 6.07) is 6.64. The van der Waals surface area contributed by atoms with E-state index in [2.05, 4.69) is 4.98 Å². The summed E-state index contributed by atoms with van der Waals surface area (Å²) in [5.41, 5.74) is 5.62. The van der Waals surface area contributed by atoms with Crippen molar-refractivity contribution in [3.8, 4) is 10.4 Å².